The van der Waals surface area contributed by atoms with Crippen molar-refractivity contribution in [1.29, 1.82) is 0 Å². The quantitative estimate of drug-likeness (QED) is 0.716. The summed E-state index contributed by atoms with van der Waals surface area (Å²) in [5.74, 6) is 0.575. The molecule has 0 amide bonds. The summed E-state index contributed by atoms with van der Waals surface area (Å²) in [4.78, 5) is 4.10. The van der Waals surface area contributed by atoms with Gasteiger partial charge in [-0.15, -0.1) is 0 Å². The van der Waals surface area contributed by atoms with Crippen molar-refractivity contribution in [3.8, 4) is 0 Å². The van der Waals surface area contributed by atoms with E-state index in [1.54, 1.807) is 6.20 Å². The summed E-state index contributed by atoms with van der Waals surface area (Å²) in [6.45, 7) is 2.90. The van der Waals surface area contributed by atoms with Crippen LogP contribution in [0.15, 0.2) is 12.4 Å². The van der Waals surface area contributed by atoms with Gasteiger partial charge in [-0.25, -0.2) is 4.98 Å². The van der Waals surface area contributed by atoms with Crippen molar-refractivity contribution in [2.24, 2.45) is 0 Å². The van der Waals surface area contributed by atoms with E-state index in [2.05, 4.69) is 11.9 Å². The highest BCUT2D eigenvalue weighted by Gasteiger charge is 2.23. The molecule has 0 aliphatic carbocycles. The Kier molecular flexibility index (Phi) is 4.74. The highest BCUT2D eigenvalue weighted by molar-refractivity contribution is 4.97. The van der Waals surface area contributed by atoms with Crippen LogP contribution in [0.3, 0.4) is 0 Å². The van der Waals surface area contributed by atoms with Crippen molar-refractivity contribution in [3.05, 3.63) is 18.2 Å². The summed E-state index contributed by atoms with van der Waals surface area (Å²) in [6, 6.07) is 0. The molecule has 86 valence electrons. The van der Waals surface area contributed by atoms with Crippen LogP contribution in [0.1, 0.15) is 25.3 Å². The second kappa shape index (κ2) is 5.85. The number of aromatic nitrogens is 2. The summed E-state index contributed by atoms with van der Waals surface area (Å²) < 4.78 is 11.9. The van der Waals surface area contributed by atoms with Crippen LogP contribution < -0.4 is 0 Å². The fraction of sp³-hybridized carbons (Fsp3) is 0.700. The zero-order valence-electron chi connectivity index (χ0n) is 9.38. The van der Waals surface area contributed by atoms with Crippen molar-refractivity contribution in [2.45, 2.75) is 32.3 Å². The number of aliphatic hydroxyl groups excluding tert-OH is 1. The van der Waals surface area contributed by atoms with Crippen molar-refractivity contribution in [3.63, 3.8) is 0 Å². The fourth-order valence-corrected chi connectivity index (χ4v) is 1.49. The number of ether oxygens (including phenoxy) is 2. The lowest BCUT2D eigenvalue weighted by Gasteiger charge is -2.20. The van der Waals surface area contributed by atoms with Gasteiger partial charge in [0.1, 0.15) is 5.82 Å². The van der Waals surface area contributed by atoms with Gasteiger partial charge in [0.05, 0.1) is 0 Å². The van der Waals surface area contributed by atoms with Gasteiger partial charge in [0.15, 0.2) is 12.4 Å². The first-order valence-corrected chi connectivity index (χ1v) is 4.99. The van der Waals surface area contributed by atoms with E-state index < -0.39 is 12.4 Å². The van der Waals surface area contributed by atoms with Crippen LogP contribution >= 0.6 is 0 Å². The number of aryl methyl sites for hydroxylation is 1. The largest absolute Gasteiger partial charge is 0.380 e. The molecular formula is C10H18N2O3. The van der Waals surface area contributed by atoms with Gasteiger partial charge in [0.25, 0.3) is 0 Å². The minimum Gasteiger partial charge on any atom is -0.380 e. The van der Waals surface area contributed by atoms with E-state index in [1.165, 1.54) is 14.2 Å². The number of nitrogens with zero attached hydrogens (tertiary/aromatic N) is 2. The molecule has 1 N–H and O–H groups in total. The van der Waals surface area contributed by atoms with E-state index in [4.69, 9.17) is 9.47 Å². The minimum atomic E-state index is -0.860. The highest BCUT2D eigenvalue weighted by Crippen LogP contribution is 2.17. The number of imidazole rings is 1. The third-order valence-electron chi connectivity index (χ3n) is 2.20. The van der Waals surface area contributed by atoms with Gasteiger partial charge < -0.3 is 19.1 Å². The Labute approximate surface area is 89.6 Å². The molecule has 0 aliphatic rings. The molecule has 0 saturated heterocycles. The number of rotatable bonds is 6. The van der Waals surface area contributed by atoms with E-state index in [9.17, 15) is 5.11 Å². The number of methoxy groups -OCH3 is 2. The Balaban J connectivity index is 2.79. The summed E-state index contributed by atoms with van der Waals surface area (Å²) in [5, 5.41) is 9.94. The van der Waals surface area contributed by atoms with Gasteiger partial charge in [0.2, 0.25) is 0 Å². The Morgan fingerprint density at radius 1 is 1.47 bits per heavy atom. The van der Waals surface area contributed by atoms with Crippen LogP contribution in [-0.2, 0) is 16.0 Å². The summed E-state index contributed by atoms with van der Waals surface area (Å²) in [7, 11) is 2.98. The molecule has 5 heteroatoms. The fourth-order valence-electron chi connectivity index (χ4n) is 1.49. The normalized spacial score (nSPS) is 13.4. The second-order valence-electron chi connectivity index (χ2n) is 3.26. The van der Waals surface area contributed by atoms with E-state index in [-0.39, 0.29) is 0 Å². The average Bonchev–Trinajstić information content (AvgIpc) is 2.68. The zero-order valence-corrected chi connectivity index (χ0v) is 9.38. The van der Waals surface area contributed by atoms with Gasteiger partial charge in [-0.2, -0.15) is 0 Å². The number of aliphatic hydroxyl groups is 1. The molecule has 5 nitrogen and oxygen atoms in total. The van der Waals surface area contributed by atoms with Gasteiger partial charge in [-0.1, -0.05) is 6.92 Å². The minimum absolute atomic E-state index is 0.575. The lowest BCUT2D eigenvalue weighted by molar-refractivity contribution is -0.169. The van der Waals surface area contributed by atoms with Crippen LogP contribution in [0.4, 0.5) is 0 Å². The van der Waals surface area contributed by atoms with Crippen LogP contribution in [0, 0.1) is 0 Å². The van der Waals surface area contributed by atoms with Crippen LogP contribution in [-0.4, -0.2) is 35.2 Å². The van der Waals surface area contributed by atoms with Crippen molar-refractivity contribution >= 4 is 0 Å². The molecule has 1 aromatic heterocycles. The molecular weight excluding hydrogens is 196 g/mol. The maximum atomic E-state index is 9.94. The van der Waals surface area contributed by atoms with Crippen LogP contribution in [0.5, 0.6) is 0 Å². The molecule has 0 fully saturated rings. The van der Waals surface area contributed by atoms with E-state index in [1.807, 2.05) is 10.8 Å². The van der Waals surface area contributed by atoms with Crippen molar-refractivity contribution in [1.82, 2.24) is 9.55 Å². The molecule has 0 aliphatic heterocycles. The summed E-state index contributed by atoms with van der Waals surface area (Å²) >= 11 is 0. The van der Waals surface area contributed by atoms with Crippen LogP contribution in [0.2, 0.25) is 0 Å². The molecule has 1 aromatic rings. The lowest BCUT2D eigenvalue weighted by Crippen LogP contribution is -2.25. The van der Waals surface area contributed by atoms with Gasteiger partial charge >= 0.3 is 0 Å². The Morgan fingerprint density at radius 2 is 2.13 bits per heavy atom. The predicted octanol–water partition coefficient (Wildman–Crippen LogP) is 0.945. The predicted molar refractivity (Wildman–Crippen MR) is 55.3 cm³/mol. The smallest absolute Gasteiger partial charge is 0.190 e. The second-order valence-corrected chi connectivity index (χ2v) is 3.26. The van der Waals surface area contributed by atoms with Gasteiger partial charge in [-0.05, 0) is 6.42 Å². The van der Waals surface area contributed by atoms with Crippen molar-refractivity contribution < 1.29 is 14.6 Å². The Morgan fingerprint density at radius 3 is 2.67 bits per heavy atom. The first-order valence-electron chi connectivity index (χ1n) is 4.99. The third-order valence-corrected chi connectivity index (χ3v) is 2.20. The summed E-state index contributed by atoms with van der Waals surface area (Å²) in [6.07, 6.45) is 2.95. The molecule has 0 bridgehead atoms. The van der Waals surface area contributed by atoms with Crippen LogP contribution in [0.25, 0.3) is 0 Å². The molecule has 0 radical (unpaired) electrons. The van der Waals surface area contributed by atoms with E-state index in [0.29, 0.717) is 5.82 Å². The molecule has 0 aromatic carbocycles. The number of hydrogen-bond acceptors (Lipinski definition) is 4. The molecule has 1 rings (SSSR count). The monoisotopic (exact) mass is 214 g/mol. The molecule has 15 heavy (non-hydrogen) atoms. The van der Waals surface area contributed by atoms with Gasteiger partial charge in [-0.3, -0.25) is 0 Å². The topological polar surface area (TPSA) is 56.5 Å². The Hall–Kier alpha value is -0.910. The molecule has 0 spiro atoms. The SMILES string of the molecule is CCCn1ccnc1C(O)C(OC)OC. The maximum Gasteiger partial charge on any atom is 0.190 e. The molecule has 1 heterocycles. The standard InChI is InChI=1S/C10H18N2O3/c1-4-6-12-7-5-11-9(12)8(13)10(14-2)15-3/h5,7-8,10,13H,4,6H2,1-3H3. The lowest BCUT2D eigenvalue weighted by atomic mass is 10.3. The third kappa shape index (κ3) is 2.77. The zero-order chi connectivity index (χ0) is 11.3. The summed E-state index contributed by atoms with van der Waals surface area (Å²) in [5.41, 5.74) is 0. The first kappa shape index (κ1) is 12.2. The molecule has 0 saturated carbocycles. The number of hydrogen-bond donors (Lipinski definition) is 1. The van der Waals surface area contributed by atoms with Gasteiger partial charge in [0, 0.05) is 33.2 Å². The van der Waals surface area contributed by atoms with E-state index in [0.717, 1.165) is 13.0 Å². The highest BCUT2D eigenvalue weighted by atomic mass is 16.7. The van der Waals surface area contributed by atoms with Crippen molar-refractivity contribution in [2.75, 3.05) is 14.2 Å². The maximum absolute atomic E-state index is 9.94. The Bertz CT molecular complexity index is 284. The molecule has 1 unspecified atom stereocenters. The van der Waals surface area contributed by atoms with E-state index >= 15 is 0 Å². The molecule has 1 atom stereocenters. The first-order chi connectivity index (χ1) is 7.24. The average molecular weight is 214 g/mol.